The molecule has 0 fully saturated rings. The Bertz CT molecular complexity index is 803. The number of phenols is 1. The molecule has 1 aliphatic rings. The van der Waals surface area contributed by atoms with Gasteiger partial charge in [-0.25, -0.2) is 4.79 Å². The summed E-state index contributed by atoms with van der Waals surface area (Å²) in [5, 5.41) is 10.8. The SMILES string of the molecule is CCCCc1cc(=O)oc2c3c(cc(O)c12)OC(C)CC3=O. The Hall–Kier alpha value is -2.30. The van der Waals surface area contributed by atoms with Crippen LogP contribution in [0.5, 0.6) is 11.5 Å². The molecule has 2 heterocycles. The number of aryl methyl sites for hydroxylation is 1. The molecule has 0 bridgehead atoms. The fourth-order valence-corrected chi connectivity index (χ4v) is 2.92. The Morgan fingerprint density at radius 2 is 2.09 bits per heavy atom. The van der Waals surface area contributed by atoms with Crippen LogP contribution in [-0.2, 0) is 6.42 Å². The minimum Gasteiger partial charge on any atom is -0.507 e. The first kappa shape index (κ1) is 14.6. The highest BCUT2D eigenvalue weighted by Crippen LogP contribution is 2.40. The number of ether oxygens (including phenoxy) is 1. The lowest BCUT2D eigenvalue weighted by Gasteiger charge is -2.23. The van der Waals surface area contributed by atoms with Crippen molar-refractivity contribution in [3.05, 3.63) is 33.7 Å². The summed E-state index contributed by atoms with van der Waals surface area (Å²) < 4.78 is 10.9. The van der Waals surface area contributed by atoms with Crippen molar-refractivity contribution in [3.63, 3.8) is 0 Å². The summed E-state index contributed by atoms with van der Waals surface area (Å²) >= 11 is 0. The van der Waals surface area contributed by atoms with Crippen LogP contribution in [0.3, 0.4) is 0 Å². The van der Waals surface area contributed by atoms with Gasteiger partial charge in [-0.3, -0.25) is 4.79 Å². The molecule has 2 aromatic rings. The largest absolute Gasteiger partial charge is 0.507 e. The third-order valence-corrected chi connectivity index (χ3v) is 3.92. The van der Waals surface area contributed by atoms with Crippen molar-refractivity contribution in [2.75, 3.05) is 0 Å². The zero-order valence-corrected chi connectivity index (χ0v) is 12.6. The number of benzene rings is 1. The smallest absolute Gasteiger partial charge is 0.336 e. The number of carbonyl (C=O) groups excluding carboxylic acids is 1. The predicted octanol–water partition coefficient (Wildman–Crippen LogP) is 3.19. The van der Waals surface area contributed by atoms with Gasteiger partial charge in [0.25, 0.3) is 0 Å². The zero-order valence-electron chi connectivity index (χ0n) is 12.6. The van der Waals surface area contributed by atoms with Crippen molar-refractivity contribution in [3.8, 4) is 11.5 Å². The molecule has 0 spiro atoms. The van der Waals surface area contributed by atoms with Crippen molar-refractivity contribution in [1.82, 2.24) is 0 Å². The van der Waals surface area contributed by atoms with Crippen LogP contribution >= 0.6 is 0 Å². The summed E-state index contributed by atoms with van der Waals surface area (Å²) in [6, 6.07) is 2.83. The van der Waals surface area contributed by atoms with Crippen LogP contribution in [0.2, 0.25) is 0 Å². The Balaban J connectivity index is 2.32. The number of rotatable bonds is 3. The molecule has 1 aromatic heterocycles. The van der Waals surface area contributed by atoms with Crippen molar-refractivity contribution in [1.29, 1.82) is 0 Å². The molecule has 1 N–H and O–H groups in total. The molecule has 116 valence electrons. The third kappa shape index (κ3) is 2.36. The molecule has 1 aromatic carbocycles. The number of Topliss-reactive ketones (excluding diaryl/α,β-unsaturated/α-hetero) is 1. The number of fused-ring (bicyclic) bond motifs is 3. The molecule has 0 saturated heterocycles. The molecule has 3 rings (SSSR count). The van der Waals surface area contributed by atoms with Gasteiger partial charge < -0.3 is 14.3 Å². The number of carbonyl (C=O) groups is 1. The molecule has 5 nitrogen and oxygen atoms in total. The van der Waals surface area contributed by atoms with Gasteiger partial charge in [0.2, 0.25) is 0 Å². The van der Waals surface area contributed by atoms with Gasteiger partial charge in [0.15, 0.2) is 11.4 Å². The van der Waals surface area contributed by atoms with Crippen LogP contribution < -0.4 is 10.4 Å². The topological polar surface area (TPSA) is 76.7 Å². The van der Waals surface area contributed by atoms with Gasteiger partial charge >= 0.3 is 5.63 Å². The lowest BCUT2D eigenvalue weighted by molar-refractivity contribution is 0.0871. The van der Waals surface area contributed by atoms with Crippen LogP contribution in [0.1, 0.15) is 49.0 Å². The molecule has 0 saturated carbocycles. The van der Waals surface area contributed by atoms with Crippen LogP contribution in [0.4, 0.5) is 0 Å². The summed E-state index contributed by atoms with van der Waals surface area (Å²) in [6.45, 7) is 3.84. The van der Waals surface area contributed by atoms with E-state index in [0.717, 1.165) is 12.8 Å². The first-order valence-electron chi connectivity index (χ1n) is 7.53. The molecule has 22 heavy (non-hydrogen) atoms. The predicted molar refractivity (Wildman–Crippen MR) is 81.8 cm³/mol. The number of aromatic hydroxyl groups is 1. The standard InChI is InChI=1S/C17H18O5/c1-3-4-5-10-7-14(20)22-17-15(10)12(19)8-13-16(17)11(18)6-9(2)21-13/h7-9,19H,3-6H2,1-2H3. The Morgan fingerprint density at radius 1 is 1.32 bits per heavy atom. The summed E-state index contributed by atoms with van der Waals surface area (Å²) in [5.74, 6) is 0.129. The van der Waals surface area contributed by atoms with E-state index in [1.807, 2.05) is 6.92 Å². The normalized spacial score (nSPS) is 17.4. The monoisotopic (exact) mass is 302 g/mol. The van der Waals surface area contributed by atoms with Gasteiger partial charge in [0, 0.05) is 18.6 Å². The molecule has 1 atom stereocenters. The molecule has 1 unspecified atom stereocenters. The second-order valence-electron chi connectivity index (χ2n) is 5.72. The van der Waals surface area contributed by atoms with E-state index in [1.165, 1.54) is 12.1 Å². The van der Waals surface area contributed by atoms with E-state index in [2.05, 4.69) is 0 Å². The number of ketones is 1. The number of phenolic OH excluding ortho intramolecular Hbond substituents is 1. The van der Waals surface area contributed by atoms with E-state index in [0.29, 0.717) is 17.4 Å². The molecule has 0 radical (unpaired) electrons. The third-order valence-electron chi connectivity index (χ3n) is 3.92. The first-order chi connectivity index (χ1) is 10.5. The van der Waals surface area contributed by atoms with Crippen molar-refractivity contribution >= 4 is 16.8 Å². The Labute approximate surface area is 127 Å². The zero-order chi connectivity index (χ0) is 15.9. The molecular weight excluding hydrogens is 284 g/mol. The molecule has 0 amide bonds. The maximum absolute atomic E-state index is 12.3. The van der Waals surface area contributed by atoms with E-state index in [1.54, 1.807) is 6.92 Å². The Kier molecular flexibility index (Phi) is 3.64. The van der Waals surface area contributed by atoms with E-state index >= 15 is 0 Å². The van der Waals surface area contributed by atoms with Gasteiger partial charge in [0.05, 0.1) is 5.39 Å². The van der Waals surface area contributed by atoms with E-state index in [-0.39, 0.29) is 41.0 Å². The highest BCUT2D eigenvalue weighted by Gasteiger charge is 2.29. The summed E-state index contributed by atoms with van der Waals surface area (Å²) in [4.78, 5) is 24.2. The van der Waals surface area contributed by atoms with Crippen molar-refractivity contribution < 1.29 is 19.1 Å². The fourth-order valence-electron chi connectivity index (χ4n) is 2.92. The van der Waals surface area contributed by atoms with Crippen LogP contribution in [0, 0.1) is 0 Å². The summed E-state index contributed by atoms with van der Waals surface area (Å²) in [7, 11) is 0. The lowest BCUT2D eigenvalue weighted by Crippen LogP contribution is -2.24. The molecule has 0 aliphatic carbocycles. The average molecular weight is 302 g/mol. The summed E-state index contributed by atoms with van der Waals surface area (Å²) in [6.07, 6.45) is 2.47. The van der Waals surface area contributed by atoms with Crippen LogP contribution in [0.15, 0.2) is 21.3 Å². The minimum atomic E-state index is -0.516. The van der Waals surface area contributed by atoms with Gasteiger partial charge in [-0.2, -0.15) is 0 Å². The Morgan fingerprint density at radius 3 is 2.82 bits per heavy atom. The maximum atomic E-state index is 12.3. The van der Waals surface area contributed by atoms with Gasteiger partial charge in [0.1, 0.15) is 23.2 Å². The molecule has 5 heteroatoms. The molecular formula is C17H18O5. The summed E-state index contributed by atoms with van der Waals surface area (Å²) in [5.41, 5.74) is 0.601. The average Bonchev–Trinajstić information content (AvgIpc) is 2.43. The van der Waals surface area contributed by atoms with Crippen LogP contribution in [0.25, 0.3) is 11.0 Å². The second kappa shape index (κ2) is 5.48. The van der Waals surface area contributed by atoms with Gasteiger partial charge in [-0.1, -0.05) is 13.3 Å². The highest BCUT2D eigenvalue weighted by molar-refractivity contribution is 6.11. The van der Waals surface area contributed by atoms with Crippen LogP contribution in [-0.4, -0.2) is 17.0 Å². The number of hydrogen-bond donors (Lipinski definition) is 1. The van der Waals surface area contributed by atoms with E-state index in [9.17, 15) is 14.7 Å². The van der Waals surface area contributed by atoms with Gasteiger partial charge in [-0.15, -0.1) is 0 Å². The van der Waals surface area contributed by atoms with Gasteiger partial charge in [-0.05, 0) is 25.3 Å². The van der Waals surface area contributed by atoms with E-state index < -0.39 is 5.63 Å². The van der Waals surface area contributed by atoms with Crippen molar-refractivity contribution in [2.24, 2.45) is 0 Å². The fraction of sp³-hybridized carbons (Fsp3) is 0.412. The minimum absolute atomic E-state index is 0.0227. The quantitative estimate of drug-likeness (QED) is 0.881. The number of hydrogen-bond acceptors (Lipinski definition) is 5. The maximum Gasteiger partial charge on any atom is 0.336 e. The van der Waals surface area contributed by atoms with E-state index in [4.69, 9.17) is 9.15 Å². The first-order valence-corrected chi connectivity index (χ1v) is 7.53. The lowest BCUT2D eigenvalue weighted by atomic mass is 9.95. The van der Waals surface area contributed by atoms with Crippen molar-refractivity contribution in [2.45, 2.75) is 45.6 Å². The number of unbranched alkanes of at least 4 members (excludes halogenated alkanes) is 1. The second-order valence-corrected chi connectivity index (χ2v) is 5.72. The molecule has 1 aliphatic heterocycles. The highest BCUT2D eigenvalue weighted by atomic mass is 16.5.